The minimum Gasteiger partial charge on any atom is -0.480 e. The third kappa shape index (κ3) is 10.7. The summed E-state index contributed by atoms with van der Waals surface area (Å²) in [5, 5.41) is 26.1. The Balaban J connectivity index is 3.06. The molecule has 0 saturated heterocycles. The van der Waals surface area contributed by atoms with Gasteiger partial charge < -0.3 is 42.6 Å². The van der Waals surface area contributed by atoms with Crippen LogP contribution in [0.25, 0.3) is 0 Å². The summed E-state index contributed by atoms with van der Waals surface area (Å²) in [6.45, 7) is 1.19. The molecule has 0 radical (unpaired) electrons. The van der Waals surface area contributed by atoms with E-state index in [2.05, 4.69) is 25.9 Å². The normalized spacial score (nSPS) is 15.2. The van der Waals surface area contributed by atoms with Crippen LogP contribution < -0.4 is 27.4 Å². The van der Waals surface area contributed by atoms with E-state index < -0.39 is 59.9 Å². The number of amides is 4. The number of thioether (sulfide) groups is 1. The van der Waals surface area contributed by atoms with Crippen molar-refractivity contribution in [2.75, 3.05) is 12.0 Å². The molecule has 1 rings (SSSR count). The van der Waals surface area contributed by atoms with Gasteiger partial charge in [0.1, 0.15) is 12.1 Å². The number of aromatic amines is 1. The number of aromatic nitrogens is 2. The predicted octanol–water partition coefficient (Wildman–Crippen LogP) is -2.78. The van der Waals surface area contributed by atoms with Gasteiger partial charge in [-0.3, -0.25) is 19.2 Å². The summed E-state index contributed by atoms with van der Waals surface area (Å²) in [6, 6.07) is -5.05. The molecular weight excluding hydrogens is 482 g/mol. The molecule has 1 aromatic rings. The fraction of sp³-hybridized carbons (Fsp3) is 0.600. The number of aliphatic hydroxyl groups is 1. The zero-order chi connectivity index (χ0) is 26.5. The van der Waals surface area contributed by atoms with Crippen LogP contribution in [-0.4, -0.2) is 92.1 Å². The predicted molar refractivity (Wildman–Crippen MR) is 127 cm³/mol. The van der Waals surface area contributed by atoms with E-state index in [1.54, 1.807) is 0 Å². The van der Waals surface area contributed by atoms with Crippen LogP contribution in [0.5, 0.6) is 0 Å². The molecule has 196 valence electrons. The van der Waals surface area contributed by atoms with E-state index in [0.717, 1.165) is 0 Å². The number of primary amides is 1. The van der Waals surface area contributed by atoms with Crippen LogP contribution in [-0.2, 0) is 30.4 Å². The van der Waals surface area contributed by atoms with Crippen molar-refractivity contribution < 1.29 is 34.2 Å². The van der Waals surface area contributed by atoms with Gasteiger partial charge in [-0.05, 0) is 31.8 Å². The summed E-state index contributed by atoms with van der Waals surface area (Å²) < 4.78 is 0. The van der Waals surface area contributed by atoms with Crippen LogP contribution in [0.1, 0.15) is 31.9 Å². The lowest BCUT2D eigenvalue weighted by Gasteiger charge is -2.25. The molecule has 0 fully saturated rings. The molecule has 0 aliphatic rings. The number of aliphatic hydroxyl groups excluding tert-OH is 1. The third-order valence-corrected chi connectivity index (χ3v) is 5.58. The van der Waals surface area contributed by atoms with Crippen molar-refractivity contribution in [1.82, 2.24) is 25.9 Å². The maximum absolute atomic E-state index is 13.0. The van der Waals surface area contributed by atoms with Gasteiger partial charge in [0.15, 0.2) is 6.04 Å². The first-order valence-electron chi connectivity index (χ1n) is 10.8. The molecule has 5 unspecified atom stereocenters. The van der Waals surface area contributed by atoms with Gasteiger partial charge >= 0.3 is 5.97 Å². The van der Waals surface area contributed by atoms with Gasteiger partial charge in [0.25, 0.3) is 0 Å². The molecule has 10 N–H and O–H groups in total. The summed E-state index contributed by atoms with van der Waals surface area (Å²) in [5.41, 5.74) is 11.5. The molecule has 0 bridgehead atoms. The van der Waals surface area contributed by atoms with E-state index in [4.69, 9.17) is 11.5 Å². The average molecular weight is 516 g/mol. The number of nitrogens with one attached hydrogen (secondary N) is 4. The molecule has 15 heteroatoms. The first kappa shape index (κ1) is 29.9. The first-order valence-corrected chi connectivity index (χ1v) is 12.2. The molecule has 0 aliphatic heterocycles. The smallest absolute Gasteiger partial charge is 0.328 e. The maximum atomic E-state index is 13.0. The number of hydrogen-bond donors (Lipinski definition) is 8. The second-order valence-electron chi connectivity index (χ2n) is 7.86. The molecule has 0 aliphatic carbocycles. The van der Waals surface area contributed by atoms with Gasteiger partial charge in [0.05, 0.1) is 18.5 Å². The monoisotopic (exact) mass is 515 g/mol. The number of nitrogens with two attached hydrogens (primary N) is 2. The molecule has 1 aromatic heterocycles. The number of carbonyl (C=O) groups is 5. The van der Waals surface area contributed by atoms with Crippen LogP contribution in [0.2, 0.25) is 0 Å². The zero-order valence-corrected chi connectivity index (χ0v) is 20.3. The van der Waals surface area contributed by atoms with E-state index in [9.17, 15) is 34.2 Å². The van der Waals surface area contributed by atoms with E-state index in [-0.39, 0.29) is 19.3 Å². The summed E-state index contributed by atoms with van der Waals surface area (Å²) >= 11 is 1.50. The molecule has 14 nitrogen and oxygen atoms in total. The topological polar surface area (TPSA) is 243 Å². The maximum Gasteiger partial charge on any atom is 0.328 e. The molecule has 4 amide bonds. The number of rotatable bonds is 16. The minimum absolute atomic E-state index is 0.104. The number of aliphatic carboxylic acids is 1. The van der Waals surface area contributed by atoms with Gasteiger partial charge in [0.2, 0.25) is 23.6 Å². The van der Waals surface area contributed by atoms with Crippen molar-refractivity contribution in [3.8, 4) is 0 Å². The van der Waals surface area contributed by atoms with Crippen LogP contribution in [0, 0.1) is 0 Å². The largest absolute Gasteiger partial charge is 0.480 e. The van der Waals surface area contributed by atoms with Crippen LogP contribution in [0.3, 0.4) is 0 Å². The number of carboxylic acids is 1. The van der Waals surface area contributed by atoms with Gasteiger partial charge in [-0.25, -0.2) is 9.78 Å². The van der Waals surface area contributed by atoms with Gasteiger partial charge in [-0.15, -0.1) is 0 Å². The lowest BCUT2D eigenvalue weighted by Crippen LogP contribution is -2.59. The van der Waals surface area contributed by atoms with Gasteiger partial charge in [0, 0.05) is 24.7 Å². The first-order chi connectivity index (χ1) is 16.5. The highest BCUT2D eigenvalue weighted by atomic mass is 32.2. The number of nitrogens with zero attached hydrogens (tertiary/aromatic N) is 1. The quantitative estimate of drug-likeness (QED) is 0.112. The second-order valence-corrected chi connectivity index (χ2v) is 8.85. The SMILES string of the molecule is CSCCC(N)C(=O)NC(CCC(N)=O)C(=O)NC(Cc1cnc[nH]1)C(=O)NC(C(=O)O)C(C)O. The summed E-state index contributed by atoms with van der Waals surface area (Å²) in [5.74, 6) is -3.85. The fourth-order valence-electron chi connectivity index (χ4n) is 2.95. The van der Waals surface area contributed by atoms with Crippen molar-refractivity contribution in [2.45, 2.75) is 62.9 Å². The van der Waals surface area contributed by atoms with E-state index in [0.29, 0.717) is 17.9 Å². The van der Waals surface area contributed by atoms with Crippen molar-refractivity contribution >= 4 is 41.4 Å². The van der Waals surface area contributed by atoms with E-state index in [1.807, 2.05) is 6.26 Å². The lowest BCUT2D eigenvalue weighted by molar-refractivity contribution is -0.145. The van der Waals surface area contributed by atoms with Gasteiger partial charge in [-0.2, -0.15) is 11.8 Å². The number of carboxylic acid groups (broad SMARTS) is 1. The lowest BCUT2D eigenvalue weighted by atomic mass is 10.1. The highest BCUT2D eigenvalue weighted by Crippen LogP contribution is 2.06. The van der Waals surface area contributed by atoms with E-state index in [1.165, 1.54) is 31.2 Å². The van der Waals surface area contributed by atoms with Gasteiger partial charge in [-0.1, -0.05) is 0 Å². The second kappa shape index (κ2) is 15.0. The Morgan fingerprint density at radius 2 is 1.71 bits per heavy atom. The summed E-state index contributed by atoms with van der Waals surface area (Å²) in [4.78, 5) is 67.6. The molecular formula is C20H33N7O7S. The van der Waals surface area contributed by atoms with Crippen molar-refractivity contribution in [1.29, 1.82) is 0 Å². The average Bonchev–Trinajstić information content (AvgIpc) is 3.30. The standard InChI is InChI=1S/C20H33N7O7S/c1-10(28)16(20(33)34)27-19(32)14(7-11-8-23-9-24-11)26-18(31)13(3-4-15(22)29)25-17(30)12(21)5-6-35-2/h8-10,12-14,16,28H,3-7,21H2,1-2H3,(H2,22,29)(H,23,24)(H,25,30)(H,26,31)(H,27,32)(H,33,34). The fourth-order valence-corrected chi connectivity index (χ4v) is 3.44. The van der Waals surface area contributed by atoms with Crippen LogP contribution in [0.15, 0.2) is 12.5 Å². The van der Waals surface area contributed by atoms with Crippen LogP contribution in [0.4, 0.5) is 0 Å². The molecule has 0 aromatic carbocycles. The Morgan fingerprint density at radius 3 is 2.23 bits per heavy atom. The third-order valence-electron chi connectivity index (χ3n) is 4.94. The molecule has 5 atom stereocenters. The Labute approximate surface area is 206 Å². The van der Waals surface area contributed by atoms with Crippen molar-refractivity contribution in [3.63, 3.8) is 0 Å². The highest BCUT2D eigenvalue weighted by molar-refractivity contribution is 7.98. The Morgan fingerprint density at radius 1 is 1.09 bits per heavy atom. The number of imidazole rings is 1. The Bertz CT molecular complexity index is 866. The van der Waals surface area contributed by atoms with Crippen LogP contribution >= 0.6 is 11.8 Å². The number of carbonyl (C=O) groups excluding carboxylic acids is 4. The number of hydrogen-bond acceptors (Lipinski definition) is 9. The Hall–Kier alpha value is -3.17. The van der Waals surface area contributed by atoms with E-state index >= 15 is 0 Å². The number of H-pyrrole nitrogens is 1. The minimum atomic E-state index is -1.62. The molecule has 0 spiro atoms. The van der Waals surface area contributed by atoms with Crippen molar-refractivity contribution in [3.05, 3.63) is 18.2 Å². The Kier molecular flexibility index (Phi) is 12.8. The summed E-state index contributed by atoms with van der Waals surface area (Å²) in [7, 11) is 0. The molecule has 1 heterocycles. The van der Waals surface area contributed by atoms with Crippen molar-refractivity contribution in [2.24, 2.45) is 11.5 Å². The summed E-state index contributed by atoms with van der Waals surface area (Å²) in [6.07, 6.45) is 3.09. The highest BCUT2D eigenvalue weighted by Gasteiger charge is 2.32. The molecule has 0 saturated carbocycles. The molecule has 35 heavy (non-hydrogen) atoms. The zero-order valence-electron chi connectivity index (χ0n) is 19.5.